The summed E-state index contributed by atoms with van der Waals surface area (Å²) in [5.74, 6) is 9.71. The number of nitrogens with zero attached hydrogens (tertiary/aromatic N) is 15. The molecule has 2 aliphatic carbocycles. The second-order valence-electron chi connectivity index (χ2n) is 37.7. The molecule has 0 bridgehead atoms. The number of aryl methyl sites for hydroxylation is 4. The monoisotopic (exact) mass is 1990 g/mol. The number of methoxy groups -OCH3 is 4. The zero-order valence-corrected chi connectivity index (χ0v) is 83.7. The number of anilines is 4. The van der Waals surface area contributed by atoms with Gasteiger partial charge in [0, 0.05) is 104 Å². The van der Waals surface area contributed by atoms with Gasteiger partial charge < -0.3 is 77.4 Å². The third kappa shape index (κ3) is 24.9. The number of pyridine rings is 1. The van der Waals surface area contributed by atoms with Gasteiger partial charge in [-0.1, -0.05) is 68.8 Å². The number of unbranched alkanes of at least 4 members (excludes halogenated alkanes) is 1. The molecule has 4 atom stereocenters. The van der Waals surface area contributed by atoms with E-state index in [1.165, 1.54) is 67.8 Å². The van der Waals surface area contributed by atoms with Crippen LogP contribution in [0.2, 0.25) is 0 Å². The topological polar surface area (TPSA) is 283 Å². The number of aromatic nitrogens is 15. The molecule has 4 N–H and O–H groups in total. The van der Waals surface area contributed by atoms with E-state index in [9.17, 15) is 17.6 Å². The molecule has 0 saturated heterocycles. The molecular weight excluding hydrogens is 1860 g/mol. The first kappa shape index (κ1) is 101. The van der Waals surface area contributed by atoms with Crippen molar-refractivity contribution in [3.63, 3.8) is 0 Å². The molecule has 0 radical (unpaired) electrons. The lowest BCUT2D eigenvalue weighted by atomic mass is 9.93. The third-order valence-corrected chi connectivity index (χ3v) is 27.4. The lowest BCUT2D eigenvalue weighted by Crippen LogP contribution is -2.28. The number of rotatable bonds is 40. The number of benzene rings is 8. The average Bonchev–Trinajstić information content (AvgIpc) is 1.61. The predicted octanol–water partition coefficient (Wildman–Crippen LogP) is 23.9. The summed E-state index contributed by atoms with van der Waals surface area (Å²) in [5, 5.41) is 13.5. The lowest BCUT2D eigenvalue weighted by molar-refractivity contribution is 0.0924. The van der Waals surface area contributed by atoms with Gasteiger partial charge in [0.2, 0.25) is 17.8 Å². The van der Waals surface area contributed by atoms with Crippen LogP contribution in [0.4, 0.5) is 41.2 Å². The summed E-state index contributed by atoms with van der Waals surface area (Å²) < 4.78 is 110. The fraction of sp³-hybridized carbons (Fsp3) is 0.336. The predicted molar refractivity (Wildman–Crippen MR) is 561 cm³/mol. The highest BCUT2D eigenvalue weighted by molar-refractivity contribution is 5.83. The molecule has 6 aliphatic rings. The molecule has 4 aliphatic heterocycles. The van der Waals surface area contributed by atoms with Gasteiger partial charge >= 0.3 is 0 Å². The Bertz CT molecular complexity index is 7030. The zero-order valence-electron chi connectivity index (χ0n) is 83.7. The van der Waals surface area contributed by atoms with Gasteiger partial charge in [-0.05, 0) is 275 Å². The normalized spacial score (nSPS) is 15.6. The van der Waals surface area contributed by atoms with Crippen molar-refractivity contribution in [3.8, 4) is 113 Å². The number of fused-ring (bicyclic) bond motifs is 4. The van der Waals surface area contributed by atoms with Gasteiger partial charge in [0.1, 0.15) is 75.4 Å². The quantitative estimate of drug-likeness (QED) is 0.0205. The minimum absolute atomic E-state index is 0.122. The van der Waals surface area contributed by atoms with Crippen molar-refractivity contribution in [2.75, 3.05) is 95.8 Å². The minimum atomic E-state index is -0.273. The lowest BCUT2D eigenvalue weighted by Gasteiger charge is -2.26. The van der Waals surface area contributed by atoms with Crippen LogP contribution in [-0.2, 0) is 71.1 Å². The maximum atomic E-state index is 13.7. The van der Waals surface area contributed by atoms with Gasteiger partial charge in [-0.15, -0.1) is 0 Å². The molecular formula is C116H123F4N19O8. The van der Waals surface area contributed by atoms with Crippen molar-refractivity contribution in [1.29, 1.82) is 0 Å². The average molecular weight is 1990 g/mol. The second-order valence-corrected chi connectivity index (χ2v) is 37.7. The molecule has 147 heavy (non-hydrogen) atoms. The molecule has 12 heterocycles. The van der Waals surface area contributed by atoms with Gasteiger partial charge in [-0.3, -0.25) is 0 Å². The van der Waals surface area contributed by atoms with Gasteiger partial charge in [0.25, 0.3) is 0 Å². The molecule has 4 unspecified atom stereocenters. The summed E-state index contributed by atoms with van der Waals surface area (Å²) >= 11 is 0. The molecule has 0 spiro atoms. The van der Waals surface area contributed by atoms with E-state index < -0.39 is 0 Å². The van der Waals surface area contributed by atoms with E-state index in [0.29, 0.717) is 76.7 Å². The summed E-state index contributed by atoms with van der Waals surface area (Å²) in [6.45, 7) is 11.2. The molecule has 22 rings (SSSR count). The minimum Gasteiger partial charge on any atom is -0.497 e. The molecule has 758 valence electrons. The fourth-order valence-corrected chi connectivity index (χ4v) is 19.2. The third-order valence-electron chi connectivity index (χ3n) is 27.4. The molecule has 0 amide bonds. The van der Waals surface area contributed by atoms with Crippen molar-refractivity contribution in [1.82, 2.24) is 73.1 Å². The molecule has 16 aromatic rings. The Morgan fingerprint density at radius 1 is 0.313 bits per heavy atom. The Morgan fingerprint density at radius 3 is 0.952 bits per heavy atom. The van der Waals surface area contributed by atoms with Crippen molar-refractivity contribution in [2.45, 2.75) is 173 Å². The van der Waals surface area contributed by atoms with Gasteiger partial charge in [-0.2, -0.15) is 0 Å². The van der Waals surface area contributed by atoms with Crippen molar-refractivity contribution >= 4 is 23.7 Å². The Kier molecular flexibility index (Phi) is 33.1. The second kappa shape index (κ2) is 48.3. The van der Waals surface area contributed by atoms with E-state index in [0.717, 1.165) is 274 Å². The van der Waals surface area contributed by atoms with Crippen molar-refractivity contribution in [3.05, 3.63) is 318 Å². The van der Waals surface area contributed by atoms with E-state index in [-0.39, 0.29) is 47.4 Å². The van der Waals surface area contributed by atoms with Crippen LogP contribution in [0.3, 0.4) is 0 Å². The van der Waals surface area contributed by atoms with Crippen LogP contribution < -0.4 is 40.2 Å². The van der Waals surface area contributed by atoms with Crippen LogP contribution >= 0.6 is 0 Å². The number of halogens is 4. The number of hydrogen-bond acceptors (Lipinski definition) is 23. The molecule has 27 nitrogen and oxygen atoms in total. The van der Waals surface area contributed by atoms with Gasteiger partial charge in [0.15, 0.2) is 0 Å². The SMILES string of the molecule is CCCCNc1nccc(-c2c(-c3ccc(F)cc3)nc3n2C(COCc2ccc(OC)cc2)CC3)n1.CCCNc1nccc(-c2c(-c3ccc(F)cc3)nc3n2C(COCc2ccc(OC)cc2)CC3)n1.COc1ccc(COCC2CCc3nc(-c4ccc(F)cc4)c(-c4ccnc(NC5CCC5)n4)n32)cc1.COc1ccc(COCC2CCc3nc(-c4ccc(F)cc4)c(-c4ccnc(NCC5CC5)c4)n32)cc1. The number of hydrogen-bond donors (Lipinski definition) is 4. The fourth-order valence-electron chi connectivity index (χ4n) is 19.2. The zero-order chi connectivity index (χ0) is 101. The van der Waals surface area contributed by atoms with Crippen LogP contribution in [0.15, 0.2) is 249 Å². The van der Waals surface area contributed by atoms with Crippen LogP contribution in [0.5, 0.6) is 23.0 Å². The first-order valence-corrected chi connectivity index (χ1v) is 50.9. The summed E-state index contributed by atoms with van der Waals surface area (Å²) in [5.41, 5.74) is 18.4. The van der Waals surface area contributed by atoms with E-state index in [2.05, 4.69) is 79.4 Å². The summed E-state index contributed by atoms with van der Waals surface area (Å²) in [4.78, 5) is 52.4. The first-order chi connectivity index (χ1) is 72.2. The number of ether oxygens (including phenoxy) is 8. The Morgan fingerprint density at radius 2 is 0.633 bits per heavy atom. The maximum absolute atomic E-state index is 13.7. The van der Waals surface area contributed by atoms with Gasteiger partial charge in [-0.25, -0.2) is 72.4 Å². The highest BCUT2D eigenvalue weighted by Crippen LogP contribution is 2.46. The van der Waals surface area contributed by atoms with E-state index in [4.69, 9.17) is 72.8 Å². The number of imidazole rings is 4. The molecule has 2 fully saturated rings. The molecule has 2 saturated carbocycles. The van der Waals surface area contributed by atoms with Crippen molar-refractivity contribution < 1.29 is 55.5 Å². The highest BCUT2D eigenvalue weighted by atomic mass is 19.1. The van der Waals surface area contributed by atoms with Gasteiger partial charge in [0.05, 0.1) is 168 Å². The first-order valence-electron chi connectivity index (χ1n) is 50.9. The van der Waals surface area contributed by atoms with E-state index in [1.807, 2.05) is 128 Å². The van der Waals surface area contributed by atoms with Crippen molar-refractivity contribution in [2.24, 2.45) is 5.92 Å². The summed E-state index contributed by atoms with van der Waals surface area (Å²) in [7, 11) is 6.65. The standard InChI is InChI=1S/C30H31FN4O2.C29H30FN5O2.C29H32FN5O2.C28H30FN5O2/c1-36-26-11-4-21(5-12-26)18-37-19-25-10-13-28-34-29(22-6-8-24(31)9-7-22)30(35(25)28)23-14-15-32-27(16-23)33-17-20-2-3-20;1-36-24-12-5-19(6-13-24)17-37-18-23-11-14-26-34-27(20-7-9-21(30)10-8-20)28(35(23)26)25-15-16-31-29(33-25)32-22-3-2-4-22;1-3-4-16-31-29-32-17-15-25(33-29)28-27(21-7-9-22(30)10-8-21)34-26-14-11-23(35(26)28)19-37-18-20-5-12-24(36-2)13-6-20;1-3-15-30-28-31-16-14-24(32-28)27-26(20-6-8-21(29)9-7-20)33-25-13-10-22(34(25)27)18-36-17-19-4-11-23(35-2)12-5-19/h4-9,11-12,14-16,20,25H,2-3,10,13,17-19H2,1H3,(H,32,33);5-10,12-13,15-16,22-23H,2-4,11,14,17-18H2,1H3,(H,31,32,33);5-10,12-13,15,17,23H,3-4,11,14,16,18-19H2,1-2H3,(H,31,32,33);4-9,11-12,14,16,22H,3,10,13,15,17-18H2,1-2H3,(H,30,31,32). The van der Waals surface area contributed by atoms with E-state index >= 15 is 0 Å². The summed E-state index contributed by atoms with van der Waals surface area (Å²) in [6.07, 6.45) is 23.6. The van der Waals surface area contributed by atoms with E-state index in [1.54, 1.807) is 95.6 Å². The van der Waals surface area contributed by atoms with Crippen LogP contribution in [0.25, 0.3) is 90.5 Å². The van der Waals surface area contributed by atoms with Crippen LogP contribution in [-0.4, -0.2) is 154 Å². The Labute approximate surface area is 853 Å². The van der Waals surface area contributed by atoms with Crippen LogP contribution in [0, 0.1) is 29.2 Å². The maximum Gasteiger partial charge on any atom is 0.223 e. The molecule has 31 heteroatoms. The van der Waals surface area contributed by atoms with Crippen LogP contribution in [0.1, 0.15) is 161 Å². The Hall–Kier alpha value is -15.1. The summed E-state index contributed by atoms with van der Waals surface area (Å²) in [6, 6.07) is 68.6. The Balaban J connectivity index is 0.000000123. The largest absolute Gasteiger partial charge is 0.497 e. The smallest absolute Gasteiger partial charge is 0.223 e. The molecule has 8 aromatic heterocycles. The highest BCUT2D eigenvalue weighted by Gasteiger charge is 2.37. The molecule has 8 aromatic carbocycles. The number of nitrogens with one attached hydrogen (secondary N) is 4.